The smallest absolute Gasteiger partial charge is 0.146 e. The van der Waals surface area contributed by atoms with E-state index in [1.54, 1.807) is 0 Å². The van der Waals surface area contributed by atoms with Crippen LogP contribution in [-0.4, -0.2) is 24.6 Å². The number of nitriles is 1. The van der Waals surface area contributed by atoms with Gasteiger partial charge in [0.15, 0.2) is 0 Å². The van der Waals surface area contributed by atoms with Gasteiger partial charge in [-0.05, 0) is 49.8 Å². The van der Waals surface area contributed by atoms with Crippen molar-refractivity contribution >= 4 is 5.82 Å². The van der Waals surface area contributed by atoms with Gasteiger partial charge in [0.25, 0.3) is 0 Å². The molecule has 0 amide bonds. The van der Waals surface area contributed by atoms with Crippen molar-refractivity contribution in [3.63, 3.8) is 0 Å². The van der Waals surface area contributed by atoms with Crippen molar-refractivity contribution in [2.24, 2.45) is 11.7 Å². The molecular formula is C14H18N4. The minimum Gasteiger partial charge on any atom is -0.355 e. The molecule has 1 fully saturated rings. The van der Waals surface area contributed by atoms with Crippen LogP contribution in [0.5, 0.6) is 0 Å². The Morgan fingerprint density at radius 1 is 1.50 bits per heavy atom. The maximum absolute atomic E-state index is 9.29. The van der Waals surface area contributed by atoms with Crippen LogP contribution < -0.4 is 10.6 Å². The molecule has 1 aliphatic heterocycles. The highest BCUT2D eigenvalue weighted by atomic mass is 15.2. The van der Waals surface area contributed by atoms with Gasteiger partial charge in [-0.2, -0.15) is 5.26 Å². The summed E-state index contributed by atoms with van der Waals surface area (Å²) in [4.78, 5) is 6.97. The molecule has 1 aromatic heterocycles. The van der Waals surface area contributed by atoms with Crippen molar-refractivity contribution in [2.75, 3.05) is 24.5 Å². The third-order valence-electron chi connectivity index (χ3n) is 4.07. The Kier molecular flexibility index (Phi) is 2.92. The summed E-state index contributed by atoms with van der Waals surface area (Å²) >= 11 is 0. The van der Waals surface area contributed by atoms with E-state index in [1.807, 2.05) is 6.07 Å². The van der Waals surface area contributed by atoms with E-state index in [0.717, 1.165) is 50.3 Å². The zero-order valence-corrected chi connectivity index (χ0v) is 10.5. The maximum atomic E-state index is 9.29. The lowest BCUT2D eigenvalue weighted by molar-refractivity contribution is 0.602. The van der Waals surface area contributed by atoms with Gasteiger partial charge in [-0.25, -0.2) is 4.98 Å². The molecule has 1 aromatic rings. The lowest BCUT2D eigenvalue weighted by atomic mass is 10.1. The van der Waals surface area contributed by atoms with Crippen molar-refractivity contribution in [3.05, 3.63) is 22.9 Å². The summed E-state index contributed by atoms with van der Waals surface area (Å²) in [5.41, 5.74) is 8.92. The molecule has 1 saturated heterocycles. The number of rotatable bonds is 2. The summed E-state index contributed by atoms with van der Waals surface area (Å²) in [7, 11) is 0. The van der Waals surface area contributed by atoms with Gasteiger partial charge in [0.1, 0.15) is 11.9 Å². The highest BCUT2D eigenvalue weighted by Gasteiger charge is 2.26. The van der Waals surface area contributed by atoms with Gasteiger partial charge in [0.05, 0.1) is 5.56 Å². The molecule has 0 aromatic carbocycles. The van der Waals surface area contributed by atoms with Crippen LogP contribution in [-0.2, 0) is 12.8 Å². The Morgan fingerprint density at radius 2 is 2.39 bits per heavy atom. The minimum atomic E-state index is 0.548. The molecular weight excluding hydrogens is 224 g/mol. The number of hydrogen-bond acceptors (Lipinski definition) is 4. The van der Waals surface area contributed by atoms with Gasteiger partial charge in [-0.15, -0.1) is 0 Å². The predicted molar refractivity (Wildman–Crippen MR) is 70.4 cm³/mol. The van der Waals surface area contributed by atoms with Gasteiger partial charge in [-0.3, -0.25) is 0 Å². The Morgan fingerprint density at radius 3 is 3.11 bits per heavy atom. The number of fused-ring (bicyclic) bond motifs is 1. The second-order valence-electron chi connectivity index (χ2n) is 5.27. The quantitative estimate of drug-likeness (QED) is 0.847. The molecule has 0 spiro atoms. The highest BCUT2D eigenvalue weighted by Crippen LogP contribution is 2.29. The first-order chi connectivity index (χ1) is 8.81. The minimum absolute atomic E-state index is 0.548. The normalized spacial score (nSPS) is 22.0. The largest absolute Gasteiger partial charge is 0.355 e. The van der Waals surface area contributed by atoms with Gasteiger partial charge in [0.2, 0.25) is 0 Å². The molecule has 2 aliphatic rings. The first-order valence-electron chi connectivity index (χ1n) is 6.69. The number of pyridine rings is 1. The number of hydrogen-bond donors (Lipinski definition) is 1. The van der Waals surface area contributed by atoms with Gasteiger partial charge in [-0.1, -0.05) is 0 Å². The van der Waals surface area contributed by atoms with Gasteiger partial charge in [0, 0.05) is 18.8 Å². The Hall–Kier alpha value is -1.60. The van der Waals surface area contributed by atoms with E-state index in [-0.39, 0.29) is 0 Å². The molecule has 3 rings (SSSR count). The first kappa shape index (κ1) is 11.5. The standard InChI is InChI=1S/C14H18N4/c15-7-10-4-5-18(9-10)14-12(8-16)6-11-2-1-3-13(11)17-14/h6,10H,1-5,7,9,15H2. The van der Waals surface area contributed by atoms with Crippen LogP contribution in [0.1, 0.15) is 29.7 Å². The fraction of sp³-hybridized carbons (Fsp3) is 0.571. The summed E-state index contributed by atoms with van der Waals surface area (Å²) in [6, 6.07) is 4.34. The molecule has 94 valence electrons. The third kappa shape index (κ3) is 1.85. The summed E-state index contributed by atoms with van der Waals surface area (Å²) in [6.07, 6.45) is 4.41. The van der Waals surface area contributed by atoms with Crippen LogP contribution in [0.3, 0.4) is 0 Å². The molecule has 2 heterocycles. The SMILES string of the molecule is N#Cc1cc2c(nc1N1CCC(CN)C1)CCC2. The average Bonchev–Trinajstić information content (AvgIpc) is 3.05. The monoisotopic (exact) mass is 242 g/mol. The predicted octanol–water partition coefficient (Wildman–Crippen LogP) is 1.23. The summed E-state index contributed by atoms with van der Waals surface area (Å²) in [5.74, 6) is 1.43. The second-order valence-corrected chi connectivity index (χ2v) is 5.27. The van der Waals surface area contributed by atoms with Crippen LogP contribution in [0.25, 0.3) is 0 Å². The van der Waals surface area contributed by atoms with E-state index in [0.29, 0.717) is 5.92 Å². The van der Waals surface area contributed by atoms with E-state index in [9.17, 15) is 5.26 Å². The van der Waals surface area contributed by atoms with Crippen LogP contribution in [0.4, 0.5) is 5.82 Å². The van der Waals surface area contributed by atoms with Gasteiger partial charge < -0.3 is 10.6 Å². The first-order valence-corrected chi connectivity index (χ1v) is 6.69. The van der Waals surface area contributed by atoms with Crippen LogP contribution >= 0.6 is 0 Å². The molecule has 18 heavy (non-hydrogen) atoms. The number of nitrogens with two attached hydrogens (primary N) is 1. The van der Waals surface area contributed by atoms with Crippen LogP contribution in [0.2, 0.25) is 0 Å². The van der Waals surface area contributed by atoms with E-state index in [1.165, 1.54) is 17.7 Å². The van der Waals surface area contributed by atoms with E-state index >= 15 is 0 Å². The molecule has 1 aliphatic carbocycles. The van der Waals surface area contributed by atoms with Crippen molar-refractivity contribution in [1.82, 2.24) is 4.98 Å². The second kappa shape index (κ2) is 4.58. The van der Waals surface area contributed by atoms with Crippen molar-refractivity contribution in [1.29, 1.82) is 5.26 Å². The lowest BCUT2D eigenvalue weighted by Crippen LogP contribution is -2.24. The molecule has 1 unspecified atom stereocenters. The molecule has 4 nitrogen and oxygen atoms in total. The molecule has 4 heteroatoms. The number of aromatic nitrogens is 1. The van der Waals surface area contributed by atoms with Gasteiger partial charge >= 0.3 is 0 Å². The average molecular weight is 242 g/mol. The topological polar surface area (TPSA) is 65.9 Å². The number of nitrogens with zero attached hydrogens (tertiary/aromatic N) is 3. The Labute approximate surface area is 107 Å². The fourth-order valence-electron chi connectivity index (χ4n) is 3.00. The van der Waals surface area contributed by atoms with E-state index < -0.39 is 0 Å². The van der Waals surface area contributed by atoms with Crippen LogP contribution in [0, 0.1) is 17.2 Å². The van der Waals surface area contributed by atoms with Crippen molar-refractivity contribution in [3.8, 4) is 6.07 Å². The highest BCUT2D eigenvalue weighted by molar-refractivity contribution is 5.57. The van der Waals surface area contributed by atoms with Crippen molar-refractivity contribution < 1.29 is 0 Å². The molecule has 2 N–H and O–H groups in total. The molecule has 0 saturated carbocycles. The zero-order valence-electron chi connectivity index (χ0n) is 10.5. The summed E-state index contributed by atoms with van der Waals surface area (Å²) < 4.78 is 0. The number of aryl methyl sites for hydroxylation is 2. The fourth-order valence-corrected chi connectivity index (χ4v) is 3.00. The van der Waals surface area contributed by atoms with E-state index in [4.69, 9.17) is 10.7 Å². The molecule has 0 bridgehead atoms. The summed E-state index contributed by atoms with van der Waals surface area (Å²) in [5, 5.41) is 9.29. The zero-order chi connectivity index (χ0) is 12.5. The lowest BCUT2D eigenvalue weighted by Gasteiger charge is -2.19. The number of anilines is 1. The Balaban J connectivity index is 1.94. The third-order valence-corrected chi connectivity index (χ3v) is 4.07. The van der Waals surface area contributed by atoms with Crippen LogP contribution in [0.15, 0.2) is 6.07 Å². The molecule has 0 radical (unpaired) electrons. The van der Waals surface area contributed by atoms with Crippen molar-refractivity contribution in [2.45, 2.75) is 25.7 Å². The molecule has 1 atom stereocenters. The van der Waals surface area contributed by atoms with E-state index in [2.05, 4.69) is 11.0 Å². The summed E-state index contributed by atoms with van der Waals surface area (Å²) in [6.45, 7) is 2.64. The maximum Gasteiger partial charge on any atom is 0.146 e. The Bertz CT molecular complexity index is 503.